The van der Waals surface area contributed by atoms with Crippen LogP contribution in [0.1, 0.15) is 9.67 Å². The van der Waals surface area contributed by atoms with Crippen LogP contribution in [0, 0.1) is 5.82 Å². The van der Waals surface area contributed by atoms with Gasteiger partial charge in [-0.3, -0.25) is 4.79 Å². The third kappa shape index (κ3) is 2.56. The number of fused-ring (bicyclic) bond motifs is 1. The normalized spacial score (nSPS) is 10.8. The molecule has 3 aromatic rings. The van der Waals surface area contributed by atoms with Crippen LogP contribution in [0.25, 0.3) is 9.40 Å². The molecule has 0 saturated heterocycles. The van der Waals surface area contributed by atoms with Crippen molar-refractivity contribution in [3.8, 4) is 0 Å². The van der Waals surface area contributed by atoms with Gasteiger partial charge in [0.05, 0.1) is 10.6 Å². The maximum Gasteiger partial charge on any atom is 0.265 e. The predicted octanol–water partition coefficient (Wildman–Crippen LogP) is 5.12. The molecule has 0 saturated carbocycles. The van der Waals surface area contributed by atoms with E-state index in [-0.39, 0.29) is 11.7 Å². The second kappa shape index (κ2) is 5.03. The van der Waals surface area contributed by atoms with Crippen LogP contribution in [0.5, 0.6) is 0 Å². The average Bonchev–Trinajstić information content (AvgIpc) is 2.94. The molecule has 1 N–H and O–H groups in total. The van der Waals surface area contributed by atoms with Crippen LogP contribution in [-0.4, -0.2) is 5.91 Å². The molecule has 2 nitrogen and oxygen atoms in total. The summed E-state index contributed by atoms with van der Waals surface area (Å²) in [4.78, 5) is 12.7. The van der Waals surface area contributed by atoms with E-state index >= 15 is 0 Å². The number of carbonyl (C=O) groups excluding carboxylic acids is 1. The van der Waals surface area contributed by atoms with Crippen molar-refractivity contribution in [1.82, 2.24) is 0 Å². The minimum Gasteiger partial charge on any atom is -0.320 e. The third-order valence-electron chi connectivity index (χ3n) is 2.54. The van der Waals surface area contributed by atoms with Gasteiger partial charge in [-0.1, -0.05) is 0 Å². The zero-order valence-electron chi connectivity index (χ0n) is 9.44. The molecule has 0 unspecified atom stereocenters. The summed E-state index contributed by atoms with van der Waals surface area (Å²) in [6.07, 6.45) is 0. The van der Waals surface area contributed by atoms with Crippen LogP contribution in [0.15, 0.2) is 40.2 Å². The molecular weight excluding hydrogens is 349 g/mol. The molecule has 0 spiro atoms. The summed E-state index contributed by atoms with van der Waals surface area (Å²) in [5, 5.41) is 4.70. The van der Waals surface area contributed by atoms with E-state index in [1.165, 1.54) is 23.5 Å². The van der Waals surface area contributed by atoms with Gasteiger partial charge in [-0.25, -0.2) is 4.39 Å². The molecule has 2 heterocycles. The van der Waals surface area contributed by atoms with Crippen LogP contribution in [0.4, 0.5) is 10.1 Å². The molecule has 0 atom stereocenters. The average molecular weight is 356 g/mol. The minimum absolute atomic E-state index is 0.222. The van der Waals surface area contributed by atoms with Gasteiger partial charge < -0.3 is 5.32 Å². The first kappa shape index (κ1) is 12.8. The van der Waals surface area contributed by atoms with Gasteiger partial charge in [0, 0.05) is 13.9 Å². The summed E-state index contributed by atoms with van der Waals surface area (Å²) in [7, 11) is 0. The Bertz CT molecular complexity index is 736. The molecule has 2 aromatic heterocycles. The highest BCUT2D eigenvalue weighted by molar-refractivity contribution is 9.10. The fraction of sp³-hybridized carbons (Fsp3) is 0. The van der Waals surface area contributed by atoms with E-state index in [0.29, 0.717) is 15.0 Å². The minimum atomic E-state index is -0.384. The van der Waals surface area contributed by atoms with Gasteiger partial charge in [0.15, 0.2) is 0 Å². The Morgan fingerprint density at radius 3 is 2.84 bits per heavy atom. The lowest BCUT2D eigenvalue weighted by molar-refractivity contribution is 0.103. The van der Waals surface area contributed by atoms with Gasteiger partial charge in [0.25, 0.3) is 5.91 Å². The Morgan fingerprint density at radius 1 is 1.21 bits per heavy atom. The monoisotopic (exact) mass is 355 g/mol. The fourth-order valence-corrected chi connectivity index (χ4v) is 4.00. The molecule has 0 radical (unpaired) electrons. The molecule has 0 fully saturated rings. The Kier molecular flexibility index (Phi) is 3.38. The number of halogens is 2. The fourth-order valence-electron chi connectivity index (χ4n) is 1.65. The number of nitrogens with one attached hydrogen (secondary N) is 1. The highest BCUT2D eigenvalue weighted by Gasteiger charge is 2.13. The van der Waals surface area contributed by atoms with Gasteiger partial charge in [0.1, 0.15) is 5.82 Å². The first-order chi connectivity index (χ1) is 9.13. The zero-order valence-corrected chi connectivity index (χ0v) is 12.7. The lowest BCUT2D eigenvalue weighted by atomic mass is 10.3. The smallest absolute Gasteiger partial charge is 0.265 e. The second-order valence-electron chi connectivity index (χ2n) is 3.84. The molecular formula is C13H7BrFNOS2. The van der Waals surface area contributed by atoms with Crippen molar-refractivity contribution in [1.29, 1.82) is 0 Å². The summed E-state index contributed by atoms with van der Waals surface area (Å²) in [6.45, 7) is 0. The lowest BCUT2D eigenvalue weighted by Crippen LogP contribution is -2.10. The molecule has 0 bridgehead atoms. The van der Waals surface area contributed by atoms with Crippen LogP contribution in [0.2, 0.25) is 0 Å². The van der Waals surface area contributed by atoms with Gasteiger partial charge in [-0.15, -0.1) is 22.7 Å². The summed E-state index contributed by atoms with van der Waals surface area (Å²) in [5.74, 6) is -0.606. The van der Waals surface area contributed by atoms with Crippen LogP contribution >= 0.6 is 38.6 Å². The van der Waals surface area contributed by atoms with E-state index < -0.39 is 0 Å². The molecule has 3 rings (SSSR count). The van der Waals surface area contributed by atoms with Gasteiger partial charge in [-0.2, -0.15) is 0 Å². The summed E-state index contributed by atoms with van der Waals surface area (Å²) < 4.78 is 16.0. The molecule has 96 valence electrons. The maximum absolute atomic E-state index is 13.1. The predicted molar refractivity (Wildman–Crippen MR) is 81.8 cm³/mol. The number of benzene rings is 1. The molecule has 1 aromatic carbocycles. The molecule has 0 aliphatic rings. The molecule has 0 aliphatic carbocycles. The largest absolute Gasteiger partial charge is 0.320 e. The zero-order chi connectivity index (χ0) is 13.4. The second-order valence-corrected chi connectivity index (χ2v) is 6.72. The van der Waals surface area contributed by atoms with Crippen molar-refractivity contribution >= 4 is 59.6 Å². The SMILES string of the molecule is O=C(Nc1cc(F)ccc1Br)c1cc2sccc2s1. The number of carbonyl (C=O) groups is 1. The van der Waals surface area contributed by atoms with E-state index in [9.17, 15) is 9.18 Å². The number of rotatable bonds is 2. The molecule has 6 heteroatoms. The van der Waals surface area contributed by atoms with E-state index in [0.717, 1.165) is 9.40 Å². The number of hydrogen-bond donors (Lipinski definition) is 1. The van der Waals surface area contributed by atoms with Gasteiger partial charge in [0.2, 0.25) is 0 Å². The van der Waals surface area contributed by atoms with Crippen molar-refractivity contribution in [2.45, 2.75) is 0 Å². The number of amides is 1. The highest BCUT2D eigenvalue weighted by atomic mass is 79.9. The molecule has 0 aliphatic heterocycles. The Morgan fingerprint density at radius 2 is 2.05 bits per heavy atom. The van der Waals surface area contributed by atoms with Crippen molar-refractivity contribution in [2.75, 3.05) is 5.32 Å². The van der Waals surface area contributed by atoms with E-state index in [4.69, 9.17) is 0 Å². The summed E-state index contributed by atoms with van der Waals surface area (Å²) in [6, 6.07) is 8.03. The van der Waals surface area contributed by atoms with Gasteiger partial charge in [-0.05, 0) is 51.6 Å². The summed E-state index contributed by atoms with van der Waals surface area (Å²) in [5.41, 5.74) is 0.432. The van der Waals surface area contributed by atoms with Gasteiger partial charge >= 0.3 is 0 Å². The van der Waals surface area contributed by atoms with E-state index in [2.05, 4.69) is 21.2 Å². The molecule has 19 heavy (non-hydrogen) atoms. The lowest BCUT2D eigenvalue weighted by Gasteiger charge is -2.05. The Hall–Kier alpha value is -1.24. The van der Waals surface area contributed by atoms with Crippen LogP contribution in [-0.2, 0) is 0 Å². The topological polar surface area (TPSA) is 29.1 Å². The standard InChI is InChI=1S/C13H7BrFNOS2/c14-8-2-1-7(15)5-9(8)16-13(17)12-6-11-10(19-12)3-4-18-11/h1-6H,(H,16,17). The van der Waals surface area contributed by atoms with Crippen molar-refractivity contribution in [2.24, 2.45) is 0 Å². The maximum atomic E-state index is 13.1. The quantitative estimate of drug-likeness (QED) is 0.679. The Balaban J connectivity index is 1.88. The third-order valence-corrected chi connectivity index (χ3v) is 5.32. The van der Waals surface area contributed by atoms with Crippen molar-refractivity contribution in [3.63, 3.8) is 0 Å². The molecule has 1 amide bonds. The van der Waals surface area contributed by atoms with E-state index in [1.54, 1.807) is 17.4 Å². The Labute approximate surface area is 125 Å². The van der Waals surface area contributed by atoms with Crippen molar-refractivity contribution in [3.05, 3.63) is 50.9 Å². The van der Waals surface area contributed by atoms with Crippen LogP contribution in [0.3, 0.4) is 0 Å². The number of hydrogen-bond acceptors (Lipinski definition) is 3. The number of anilines is 1. The summed E-state index contributed by atoms with van der Waals surface area (Å²) >= 11 is 6.31. The van der Waals surface area contributed by atoms with E-state index in [1.807, 2.05) is 17.5 Å². The van der Waals surface area contributed by atoms with Crippen molar-refractivity contribution < 1.29 is 9.18 Å². The number of thiophene rings is 2. The van der Waals surface area contributed by atoms with Crippen LogP contribution < -0.4 is 5.32 Å². The first-order valence-corrected chi connectivity index (χ1v) is 7.86. The first-order valence-electron chi connectivity index (χ1n) is 5.37. The highest BCUT2D eigenvalue weighted by Crippen LogP contribution is 2.31.